The summed E-state index contributed by atoms with van der Waals surface area (Å²) in [5, 5.41) is 0. The third-order valence-electron chi connectivity index (χ3n) is 4.51. The van der Waals surface area contributed by atoms with Crippen LogP contribution in [0.1, 0.15) is 61.8 Å². The first kappa shape index (κ1) is 23.8. The summed E-state index contributed by atoms with van der Waals surface area (Å²) in [4.78, 5) is 24.5. The number of amides is 2. The molecule has 158 valence electrons. The van der Waals surface area contributed by atoms with Crippen molar-refractivity contribution in [2.45, 2.75) is 39.5 Å². The minimum Gasteiger partial charge on any atom is -0.365 e. The van der Waals surface area contributed by atoms with E-state index in [0.29, 0.717) is 21.6 Å². The van der Waals surface area contributed by atoms with Crippen LogP contribution in [-0.4, -0.2) is 11.8 Å². The first-order valence-electron chi connectivity index (χ1n) is 9.74. The molecule has 0 saturated carbocycles. The van der Waals surface area contributed by atoms with Crippen molar-refractivity contribution in [3.63, 3.8) is 0 Å². The molecule has 30 heavy (non-hydrogen) atoms. The lowest BCUT2D eigenvalue weighted by atomic mass is 10.0. The highest BCUT2D eigenvalue weighted by Crippen LogP contribution is 2.38. The van der Waals surface area contributed by atoms with Gasteiger partial charge >= 0.3 is 0 Å². The summed E-state index contributed by atoms with van der Waals surface area (Å²) in [6.07, 6.45) is 3.44. The fourth-order valence-corrected chi connectivity index (χ4v) is 4.65. The topological polar surface area (TPSA) is 86.2 Å². The summed E-state index contributed by atoms with van der Waals surface area (Å²) in [6.45, 7) is 8.50. The second-order valence-corrected chi connectivity index (χ2v) is 9.77. The van der Waals surface area contributed by atoms with E-state index in [1.165, 1.54) is 11.1 Å². The monoisotopic (exact) mass is 440 g/mol. The zero-order chi connectivity index (χ0) is 22.3. The van der Waals surface area contributed by atoms with Gasteiger partial charge < -0.3 is 11.5 Å². The van der Waals surface area contributed by atoms with E-state index in [-0.39, 0.29) is 0 Å². The maximum Gasteiger partial charge on any atom is 0.256 e. The van der Waals surface area contributed by atoms with Gasteiger partial charge in [0.05, 0.1) is 9.81 Å². The van der Waals surface area contributed by atoms with Gasteiger partial charge in [-0.15, -0.1) is 0 Å². The molecule has 0 heterocycles. The molecule has 2 aromatic rings. The minimum atomic E-state index is -0.550. The number of rotatable bonds is 9. The summed E-state index contributed by atoms with van der Waals surface area (Å²) in [6, 6.07) is 15.9. The number of nitrogens with two attached hydrogens (primary N) is 2. The van der Waals surface area contributed by atoms with Crippen molar-refractivity contribution in [1.29, 1.82) is 0 Å². The zero-order valence-electron chi connectivity index (χ0n) is 17.7. The lowest BCUT2D eigenvalue weighted by molar-refractivity contribution is -0.114. The number of carbonyl (C=O) groups is 2. The summed E-state index contributed by atoms with van der Waals surface area (Å²) in [5.41, 5.74) is 15.3. The first-order chi connectivity index (χ1) is 14.2. The molecule has 0 radical (unpaired) electrons. The Morgan fingerprint density at radius 1 is 0.667 bits per heavy atom. The highest BCUT2D eigenvalue weighted by atomic mass is 33.1. The largest absolute Gasteiger partial charge is 0.365 e. The Morgan fingerprint density at radius 2 is 0.967 bits per heavy atom. The molecular formula is C24H28N2O2S2. The van der Waals surface area contributed by atoms with E-state index in [1.54, 1.807) is 12.2 Å². The molecule has 0 fully saturated rings. The van der Waals surface area contributed by atoms with Gasteiger partial charge in [-0.05, 0) is 67.8 Å². The van der Waals surface area contributed by atoms with Crippen LogP contribution in [0, 0.1) is 0 Å². The molecule has 0 aliphatic carbocycles. The van der Waals surface area contributed by atoms with Crippen LogP contribution in [0.25, 0.3) is 12.2 Å². The summed E-state index contributed by atoms with van der Waals surface area (Å²) in [7, 11) is 2.27. The predicted molar refractivity (Wildman–Crippen MR) is 131 cm³/mol. The Labute approximate surface area is 186 Å². The van der Waals surface area contributed by atoms with Crippen LogP contribution in [0.3, 0.4) is 0 Å². The smallest absolute Gasteiger partial charge is 0.256 e. The van der Waals surface area contributed by atoms with Crippen LogP contribution < -0.4 is 11.5 Å². The van der Waals surface area contributed by atoms with Crippen molar-refractivity contribution in [2.75, 3.05) is 0 Å². The van der Waals surface area contributed by atoms with E-state index in [0.717, 1.165) is 32.7 Å². The van der Waals surface area contributed by atoms with Crippen molar-refractivity contribution in [2.24, 2.45) is 11.5 Å². The number of primary amides is 2. The predicted octanol–water partition coefficient (Wildman–Crippen LogP) is 5.67. The molecular weight excluding hydrogens is 412 g/mol. The van der Waals surface area contributed by atoms with Crippen LogP contribution in [0.2, 0.25) is 0 Å². The fraction of sp³-hybridized carbons (Fsp3) is 0.250. The molecule has 0 aliphatic rings. The van der Waals surface area contributed by atoms with Crippen molar-refractivity contribution >= 4 is 45.6 Å². The van der Waals surface area contributed by atoms with Gasteiger partial charge in [-0.1, -0.05) is 76.2 Å². The Balaban J connectivity index is 2.19. The molecule has 0 spiro atoms. The van der Waals surface area contributed by atoms with Gasteiger partial charge in [0.15, 0.2) is 0 Å². The van der Waals surface area contributed by atoms with Gasteiger partial charge in [0.2, 0.25) is 0 Å². The zero-order valence-corrected chi connectivity index (χ0v) is 19.3. The molecule has 2 aromatic carbocycles. The van der Waals surface area contributed by atoms with E-state index < -0.39 is 11.8 Å². The van der Waals surface area contributed by atoms with Crippen LogP contribution >= 0.6 is 21.6 Å². The summed E-state index contributed by atoms with van der Waals surface area (Å²) >= 11 is 0. The van der Waals surface area contributed by atoms with Crippen LogP contribution in [-0.2, 0) is 9.59 Å². The number of carbonyl (C=O) groups excluding carboxylic acids is 2. The molecule has 0 aliphatic heterocycles. The number of hydrogen-bond donors (Lipinski definition) is 2. The molecule has 0 atom stereocenters. The third-order valence-corrected chi connectivity index (χ3v) is 6.92. The molecule has 2 rings (SSSR count). The van der Waals surface area contributed by atoms with E-state index in [2.05, 4.69) is 27.7 Å². The van der Waals surface area contributed by atoms with Gasteiger partial charge in [0, 0.05) is 0 Å². The maximum absolute atomic E-state index is 11.9. The SMILES string of the molecule is CC(C)c1ccc(C=C(SS/C(=C\c2ccc(C(C)C)cc2)C(N)=O)C(N)=O)cc1. The van der Waals surface area contributed by atoms with Crippen molar-refractivity contribution < 1.29 is 9.59 Å². The Kier molecular flexibility index (Phi) is 8.81. The number of benzene rings is 2. The van der Waals surface area contributed by atoms with Crippen molar-refractivity contribution in [3.8, 4) is 0 Å². The van der Waals surface area contributed by atoms with E-state index >= 15 is 0 Å². The standard InChI is InChI=1S/C24H28N2O2S2/c1-15(2)19-9-5-17(6-10-19)13-21(23(25)27)29-30-22(24(26)28)14-18-7-11-20(12-8-18)16(3)4/h5-16H,1-4H3,(H2,25,27)(H2,26,28)/b21-13-,22-14?. The van der Waals surface area contributed by atoms with Crippen LogP contribution in [0.5, 0.6) is 0 Å². The maximum atomic E-state index is 11.9. The van der Waals surface area contributed by atoms with E-state index in [4.69, 9.17) is 11.5 Å². The van der Waals surface area contributed by atoms with Crippen molar-refractivity contribution in [1.82, 2.24) is 0 Å². The quantitative estimate of drug-likeness (QED) is 0.389. The van der Waals surface area contributed by atoms with Crippen LogP contribution in [0.4, 0.5) is 0 Å². The molecule has 2 amide bonds. The summed E-state index contributed by atoms with van der Waals surface area (Å²) in [5.74, 6) is -0.237. The Bertz CT molecular complexity index is 865. The second kappa shape index (κ2) is 11.1. The normalized spacial score (nSPS) is 12.5. The Morgan fingerprint density at radius 3 is 1.20 bits per heavy atom. The van der Waals surface area contributed by atoms with Gasteiger partial charge in [-0.3, -0.25) is 9.59 Å². The second-order valence-electron chi connectivity index (χ2n) is 7.56. The molecule has 4 N–H and O–H groups in total. The Hall–Kier alpha value is -2.44. The average molecular weight is 441 g/mol. The molecule has 6 heteroatoms. The highest BCUT2D eigenvalue weighted by Gasteiger charge is 2.13. The van der Waals surface area contributed by atoms with Crippen LogP contribution in [0.15, 0.2) is 58.3 Å². The van der Waals surface area contributed by atoms with Gasteiger partial charge in [-0.2, -0.15) is 0 Å². The molecule has 0 saturated heterocycles. The summed E-state index contributed by atoms with van der Waals surface area (Å²) < 4.78 is 0. The van der Waals surface area contributed by atoms with E-state index in [1.807, 2.05) is 48.5 Å². The van der Waals surface area contributed by atoms with Gasteiger partial charge in [0.1, 0.15) is 0 Å². The fourth-order valence-electron chi connectivity index (χ4n) is 2.62. The molecule has 0 bridgehead atoms. The average Bonchev–Trinajstić information content (AvgIpc) is 2.70. The van der Waals surface area contributed by atoms with Crippen molar-refractivity contribution in [3.05, 3.63) is 80.6 Å². The minimum absolute atomic E-state index is 0.347. The van der Waals surface area contributed by atoms with E-state index in [9.17, 15) is 9.59 Å². The van der Waals surface area contributed by atoms with Gasteiger partial charge in [0.25, 0.3) is 11.8 Å². The molecule has 4 nitrogen and oxygen atoms in total. The molecule has 0 unspecified atom stereocenters. The third kappa shape index (κ3) is 7.11. The number of hydrogen-bond acceptors (Lipinski definition) is 4. The molecule has 0 aromatic heterocycles. The highest BCUT2D eigenvalue weighted by molar-refractivity contribution is 8.80. The lowest BCUT2D eigenvalue weighted by Gasteiger charge is -2.08. The van der Waals surface area contributed by atoms with Gasteiger partial charge in [-0.25, -0.2) is 0 Å². The first-order valence-corrected chi connectivity index (χ1v) is 11.9. The lowest BCUT2D eigenvalue weighted by Crippen LogP contribution is -2.13.